The minimum atomic E-state index is -0.269. The van der Waals surface area contributed by atoms with Crippen LogP contribution >= 0.6 is 0 Å². The molecule has 0 bridgehead atoms. The van der Waals surface area contributed by atoms with Gasteiger partial charge in [0.05, 0.1) is 19.1 Å². The van der Waals surface area contributed by atoms with Gasteiger partial charge in [0.25, 0.3) is 0 Å². The third-order valence-electron chi connectivity index (χ3n) is 4.56. The highest BCUT2D eigenvalue weighted by atomic mass is 19.1. The van der Waals surface area contributed by atoms with Crippen LogP contribution in [0.4, 0.5) is 4.39 Å². The maximum Gasteiger partial charge on any atom is 0.227 e. The standard InChI is InChI=1S/C18H25FN2O2/c1-20-8-9-23-17(12-20)13-21(11-15-2-3-15)18(22)10-14-4-6-16(19)7-5-14/h4-7,15,17H,2-3,8-13H2,1H3. The molecular weight excluding hydrogens is 295 g/mol. The second-order valence-electron chi connectivity index (χ2n) is 6.80. The predicted molar refractivity (Wildman–Crippen MR) is 86.6 cm³/mol. The van der Waals surface area contributed by atoms with Crippen molar-refractivity contribution in [2.75, 3.05) is 39.8 Å². The fraction of sp³-hybridized carbons (Fsp3) is 0.611. The van der Waals surface area contributed by atoms with Gasteiger partial charge in [-0.05, 0) is 43.5 Å². The molecular formula is C18H25FN2O2. The first-order chi connectivity index (χ1) is 11.1. The van der Waals surface area contributed by atoms with Crippen LogP contribution in [0.5, 0.6) is 0 Å². The Balaban J connectivity index is 1.60. The van der Waals surface area contributed by atoms with Crippen LogP contribution in [0.3, 0.4) is 0 Å². The van der Waals surface area contributed by atoms with E-state index in [1.165, 1.54) is 25.0 Å². The van der Waals surface area contributed by atoms with Gasteiger partial charge in [-0.1, -0.05) is 12.1 Å². The summed E-state index contributed by atoms with van der Waals surface area (Å²) >= 11 is 0. The highest BCUT2D eigenvalue weighted by molar-refractivity contribution is 5.78. The van der Waals surface area contributed by atoms with Gasteiger partial charge in [-0.2, -0.15) is 0 Å². The number of carbonyl (C=O) groups excluding carboxylic acids is 1. The average molecular weight is 320 g/mol. The molecule has 5 heteroatoms. The quantitative estimate of drug-likeness (QED) is 0.803. The molecule has 4 nitrogen and oxygen atoms in total. The minimum Gasteiger partial charge on any atom is -0.374 e. The van der Waals surface area contributed by atoms with Crippen molar-refractivity contribution >= 4 is 5.91 Å². The average Bonchev–Trinajstić information content (AvgIpc) is 3.33. The molecule has 1 aromatic rings. The van der Waals surface area contributed by atoms with Crippen molar-refractivity contribution in [2.24, 2.45) is 5.92 Å². The molecule has 1 saturated carbocycles. The van der Waals surface area contributed by atoms with E-state index in [4.69, 9.17) is 4.74 Å². The molecule has 3 rings (SSSR count). The van der Waals surface area contributed by atoms with Gasteiger partial charge >= 0.3 is 0 Å². The van der Waals surface area contributed by atoms with Gasteiger partial charge in [-0.3, -0.25) is 4.79 Å². The van der Waals surface area contributed by atoms with Crippen molar-refractivity contribution in [2.45, 2.75) is 25.4 Å². The van der Waals surface area contributed by atoms with E-state index in [1.54, 1.807) is 12.1 Å². The van der Waals surface area contributed by atoms with Crippen LogP contribution in [0, 0.1) is 11.7 Å². The first kappa shape index (κ1) is 16.4. The number of amides is 1. The summed E-state index contributed by atoms with van der Waals surface area (Å²) in [6.07, 6.45) is 2.84. The normalized spacial score (nSPS) is 22.1. The Hall–Kier alpha value is -1.46. The van der Waals surface area contributed by atoms with Crippen LogP contribution < -0.4 is 0 Å². The Kier molecular flexibility index (Phi) is 5.28. The van der Waals surface area contributed by atoms with E-state index >= 15 is 0 Å². The van der Waals surface area contributed by atoms with Crippen molar-refractivity contribution in [3.05, 3.63) is 35.6 Å². The molecule has 23 heavy (non-hydrogen) atoms. The first-order valence-electron chi connectivity index (χ1n) is 8.42. The lowest BCUT2D eigenvalue weighted by Gasteiger charge is -2.34. The zero-order valence-corrected chi connectivity index (χ0v) is 13.7. The predicted octanol–water partition coefficient (Wildman–Crippen LogP) is 1.94. The number of nitrogens with zero attached hydrogens (tertiary/aromatic N) is 2. The summed E-state index contributed by atoms with van der Waals surface area (Å²) in [5.41, 5.74) is 0.860. The SMILES string of the molecule is CN1CCOC(CN(CC2CC2)C(=O)Cc2ccc(F)cc2)C1. The Labute approximate surface area is 137 Å². The smallest absolute Gasteiger partial charge is 0.227 e. The maximum absolute atomic E-state index is 13.0. The molecule has 1 aliphatic carbocycles. The Morgan fingerprint density at radius 1 is 1.30 bits per heavy atom. The summed E-state index contributed by atoms with van der Waals surface area (Å²) in [4.78, 5) is 16.9. The minimum absolute atomic E-state index is 0.0877. The molecule has 1 saturated heterocycles. The van der Waals surface area contributed by atoms with Crippen molar-refractivity contribution in [1.29, 1.82) is 0 Å². The van der Waals surface area contributed by atoms with Gasteiger partial charge in [0, 0.05) is 26.2 Å². The zero-order chi connectivity index (χ0) is 16.2. The van der Waals surface area contributed by atoms with Gasteiger partial charge < -0.3 is 14.5 Å². The Bertz CT molecular complexity index is 530. The van der Waals surface area contributed by atoms with Crippen LogP contribution in [0.15, 0.2) is 24.3 Å². The number of ether oxygens (including phenoxy) is 1. The number of likely N-dealkylation sites (N-methyl/N-ethyl adjacent to an activating group) is 1. The summed E-state index contributed by atoms with van der Waals surface area (Å²) < 4.78 is 18.8. The molecule has 126 valence electrons. The van der Waals surface area contributed by atoms with E-state index in [-0.39, 0.29) is 17.8 Å². The third-order valence-corrected chi connectivity index (χ3v) is 4.56. The molecule has 1 atom stereocenters. The maximum atomic E-state index is 13.0. The van der Waals surface area contributed by atoms with Crippen molar-refractivity contribution < 1.29 is 13.9 Å². The lowest BCUT2D eigenvalue weighted by atomic mass is 10.1. The van der Waals surface area contributed by atoms with Gasteiger partial charge in [-0.25, -0.2) is 4.39 Å². The van der Waals surface area contributed by atoms with E-state index in [2.05, 4.69) is 11.9 Å². The largest absolute Gasteiger partial charge is 0.374 e. The molecule has 0 N–H and O–H groups in total. The molecule has 1 amide bonds. The van der Waals surface area contributed by atoms with Crippen molar-refractivity contribution in [3.8, 4) is 0 Å². The number of benzene rings is 1. The second-order valence-corrected chi connectivity index (χ2v) is 6.80. The van der Waals surface area contributed by atoms with Crippen LogP contribution in [0.25, 0.3) is 0 Å². The monoisotopic (exact) mass is 320 g/mol. The topological polar surface area (TPSA) is 32.8 Å². The lowest BCUT2D eigenvalue weighted by Crippen LogP contribution is -2.48. The molecule has 0 radical (unpaired) electrons. The summed E-state index contributed by atoms with van der Waals surface area (Å²) in [6.45, 7) is 4.02. The van der Waals surface area contributed by atoms with Gasteiger partial charge in [0.1, 0.15) is 5.82 Å². The Morgan fingerprint density at radius 3 is 2.70 bits per heavy atom. The highest BCUT2D eigenvalue weighted by Gasteiger charge is 2.29. The molecule has 2 fully saturated rings. The first-order valence-corrected chi connectivity index (χ1v) is 8.42. The number of halogens is 1. The van der Waals surface area contributed by atoms with Crippen molar-refractivity contribution in [3.63, 3.8) is 0 Å². The van der Waals surface area contributed by atoms with Crippen molar-refractivity contribution in [1.82, 2.24) is 9.80 Å². The molecule has 1 aliphatic heterocycles. The van der Waals surface area contributed by atoms with E-state index in [9.17, 15) is 9.18 Å². The number of hydrogen-bond donors (Lipinski definition) is 0. The highest BCUT2D eigenvalue weighted by Crippen LogP contribution is 2.30. The third kappa shape index (κ3) is 5.01. The molecule has 1 aromatic carbocycles. The van der Waals surface area contributed by atoms with Gasteiger partial charge in [0.2, 0.25) is 5.91 Å². The van der Waals surface area contributed by atoms with Crippen LogP contribution in [0.1, 0.15) is 18.4 Å². The van der Waals surface area contributed by atoms with Gasteiger partial charge in [0.15, 0.2) is 0 Å². The van der Waals surface area contributed by atoms with E-state index in [0.29, 0.717) is 18.9 Å². The summed E-state index contributed by atoms with van der Waals surface area (Å²) in [5, 5.41) is 0. The number of morpholine rings is 1. The van der Waals surface area contributed by atoms with E-state index < -0.39 is 0 Å². The summed E-state index contributed by atoms with van der Waals surface area (Å²) in [7, 11) is 2.08. The van der Waals surface area contributed by atoms with E-state index in [1.807, 2.05) is 4.90 Å². The number of hydrogen-bond acceptors (Lipinski definition) is 3. The Morgan fingerprint density at radius 2 is 2.04 bits per heavy atom. The molecule has 0 spiro atoms. The fourth-order valence-corrected chi connectivity index (χ4v) is 3.00. The molecule has 0 aromatic heterocycles. The fourth-order valence-electron chi connectivity index (χ4n) is 3.00. The molecule has 2 aliphatic rings. The number of rotatable bonds is 6. The molecule has 1 heterocycles. The van der Waals surface area contributed by atoms with Crippen LogP contribution in [-0.2, 0) is 16.0 Å². The second kappa shape index (κ2) is 7.41. The van der Waals surface area contributed by atoms with Crippen LogP contribution in [0.2, 0.25) is 0 Å². The summed E-state index contributed by atoms with van der Waals surface area (Å²) in [6, 6.07) is 6.20. The van der Waals surface area contributed by atoms with Crippen LogP contribution in [-0.4, -0.2) is 61.6 Å². The van der Waals surface area contributed by atoms with E-state index in [0.717, 1.165) is 31.8 Å². The lowest BCUT2D eigenvalue weighted by molar-refractivity contribution is -0.134. The van der Waals surface area contributed by atoms with Gasteiger partial charge in [-0.15, -0.1) is 0 Å². The summed E-state index contributed by atoms with van der Waals surface area (Å²) in [5.74, 6) is 0.489. The molecule has 1 unspecified atom stereocenters. The number of carbonyl (C=O) groups is 1. The zero-order valence-electron chi connectivity index (χ0n) is 13.7.